The van der Waals surface area contributed by atoms with Gasteiger partial charge >= 0.3 is 0 Å². The number of nitrogens with one attached hydrogen (secondary N) is 2. The average molecular weight is 355 g/mol. The summed E-state index contributed by atoms with van der Waals surface area (Å²) in [5, 5.41) is 15.5. The van der Waals surface area contributed by atoms with Crippen molar-refractivity contribution in [3.8, 4) is 0 Å². The number of piperidine rings is 1. The maximum atomic E-state index is 4.76. The first-order valence-corrected chi connectivity index (χ1v) is 9.91. The highest BCUT2D eigenvalue weighted by Crippen LogP contribution is 2.29. The van der Waals surface area contributed by atoms with Crippen LogP contribution in [0.1, 0.15) is 38.4 Å². The summed E-state index contributed by atoms with van der Waals surface area (Å²) in [4.78, 5) is 7.41. The van der Waals surface area contributed by atoms with E-state index in [1.54, 1.807) is 0 Å². The predicted octanol–water partition coefficient (Wildman–Crippen LogP) is 1.45. The number of pyridine rings is 1. The normalized spacial score (nSPS) is 19.8. The molecule has 26 heavy (non-hydrogen) atoms. The number of aliphatic imine (C=N–C) groups is 1. The molecule has 2 aliphatic rings. The summed E-state index contributed by atoms with van der Waals surface area (Å²) in [7, 11) is 0. The number of guanidine groups is 1. The molecule has 0 bridgehead atoms. The Morgan fingerprint density at radius 2 is 2.04 bits per heavy atom. The van der Waals surface area contributed by atoms with Crippen molar-refractivity contribution in [3.05, 3.63) is 30.2 Å². The van der Waals surface area contributed by atoms with Crippen LogP contribution in [0, 0.1) is 0 Å². The van der Waals surface area contributed by atoms with E-state index in [1.807, 2.05) is 28.8 Å². The van der Waals surface area contributed by atoms with E-state index < -0.39 is 0 Å². The highest BCUT2D eigenvalue weighted by atomic mass is 15.3. The van der Waals surface area contributed by atoms with Gasteiger partial charge in [-0.05, 0) is 44.7 Å². The maximum Gasteiger partial charge on any atom is 0.191 e. The molecule has 140 valence electrons. The number of fused-ring (bicyclic) bond motifs is 1. The minimum Gasteiger partial charge on any atom is -0.357 e. The summed E-state index contributed by atoms with van der Waals surface area (Å²) in [6, 6.07) is 7.36. The van der Waals surface area contributed by atoms with E-state index in [1.165, 1.54) is 38.8 Å². The first kappa shape index (κ1) is 17.3. The molecule has 0 unspecified atom stereocenters. The van der Waals surface area contributed by atoms with Crippen LogP contribution in [0.2, 0.25) is 0 Å². The molecular formula is C19H29N7. The minimum absolute atomic E-state index is 0.525. The average Bonchev–Trinajstić information content (AvgIpc) is 3.44. The van der Waals surface area contributed by atoms with Crippen molar-refractivity contribution in [2.75, 3.05) is 26.2 Å². The molecule has 0 radical (unpaired) electrons. The Labute approximate surface area is 154 Å². The van der Waals surface area contributed by atoms with E-state index in [-0.39, 0.29) is 0 Å². The number of hydrogen-bond donors (Lipinski definition) is 2. The van der Waals surface area contributed by atoms with Gasteiger partial charge < -0.3 is 15.5 Å². The van der Waals surface area contributed by atoms with Crippen LogP contribution in [0.15, 0.2) is 29.4 Å². The van der Waals surface area contributed by atoms with Crippen molar-refractivity contribution in [1.29, 1.82) is 0 Å². The van der Waals surface area contributed by atoms with E-state index in [9.17, 15) is 0 Å². The molecule has 0 spiro atoms. The third-order valence-corrected chi connectivity index (χ3v) is 5.27. The third kappa shape index (κ3) is 4.15. The summed E-state index contributed by atoms with van der Waals surface area (Å²) in [6.07, 6.45) is 8.00. The van der Waals surface area contributed by atoms with Gasteiger partial charge in [-0.25, -0.2) is 0 Å². The second kappa shape index (κ2) is 8.03. The van der Waals surface area contributed by atoms with E-state index >= 15 is 0 Å². The third-order valence-electron chi connectivity index (χ3n) is 5.27. The zero-order valence-electron chi connectivity index (χ0n) is 15.6. The van der Waals surface area contributed by atoms with Crippen LogP contribution in [0.25, 0.3) is 5.65 Å². The minimum atomic E-state index is 0.525. The number of rotatable bonds is 6. The molecule has 2 N–H and O–H groups in total. The Hall–Kier alpha value is -2.15. The number of hydrogen-bond acceptors (Lipinski definition) is 4. The first-order chi connectivity index (χ1) is 12.8. The highest BCUT2D eigenvalue weighted by molar-refractivity contribution is 5.80. The summed E-state index contributed by atoms with van der Waals surface area (Å²) in [5.41, 5.74) is 0.888. The fraction of sp³-hybridized carbons (Fsp3) is 0.632. The van der Waals surface area contributed by atoms with Gasteiger partial charge in [0.05, 0.1) is 0 Å². The van der Waals surface area contributed by atoms with Gasteiger partial charge in [0.2, 0.25) is 0 Å². The van der Waals surface area contributed by atoms with Gasteiger partial charge in [-0.2, -0.15) is 0 Å². The van der Waals surface area contributed by atoms with Gasteiger partial charge in [0.1, 0.15) is 5.82 Å². The molecule has 7 nitrogen and oxygen atoms in total. The van der Waals surface area contributed by atoms with Crippen molar-refractivity contribution < 1.29 is 0 Å². The van der Waals surface area contributed by atoms with Gasteiger partial charge in [-0.1, -0.05) is 6.07 Å². The topological polar surface area (TPSA) is 69.8 Å². The van der Waals surface area contributed by atoms with Crippen molar-refractivity contribution >= 4 is 11.6 Å². The van der Waals surface area contributed by atoms with Crippen molar-refractivity contribution in [2.24, 2.45) is 4.99 Å². The Morgan fingerprint density at radius 1 is 1.19 bits per heavy atom. The van der Waals surface area contributed by atoms with Crippen LogP contribution in [-0.4, -0.2) is 63.7 Å². The second-order valence-electron chi connectivity index (χ2n) is 7.24. The molecule has 2 fully saturated rings. The molecule has 0 aromatic carbocycles. The lowest BCUT2D eigenvalue weighted by atomic mass is 10.1. The van der Waals surface area contributed by atoms with Gasteiger partial charge in [0.15, 0.2) is 11.6 Å². The van der Waals surface area contributed by atoms with E-state index in [0.717, 1.165) is 36.4 Å². The van der Waals surface area contributed by atoms with Crippen molar-refractivity contribution in [3.63, 3.8) is 0 Å². The highest BCUT2D eigenvalue weighted by Gasteiger charge is 2.31. The van der Waals surface area contributed by atoms with Crippen LogP contribution >= 0.6 is 0 Å². The lowest BCUT2D eigenvalue weighted by Gasteiger charge is -2.33. The van der Waals surface area contributed by atoms with Gasteiger partial charge in [-0.3, -0.25) is 9.39 Å². The molecule has 3 heterocycles. The Morgan fingerprint density at radius 3 is 2.81 bits per heavy atom. The summed E-state index contributed by atoms with van der Waals surface area (Å²) < 4.78 is 2.03. The fourth-order valence-corrected chi connectivity index (χ4v) is 3.69. The molecule has 4 rings (SSSR count). The zero-order valence-corrected chi connectivity index (χ0v) is 15.6. The van der Waals surface area contributed by atoms with Gasteiger partial charge in [-0.15, -0.1) is 10.2 Å². The molecule has 7 heteroatoms. The molecule has 1 aliphatic carbocycles. The molecular weight excluding hydrogens is 326 g/mol. The number of aromatic nitrogens is 3. The molecule has 0 atom stereocenters. The SMILES string of the molecule is CCNC(=NCCc1nnc2ccccn12)NC1CCN(C2CC2)CC1. The van der Waals surface area contributed by atoms with Crippen LogP contribution < -0.4 is 10.6 Å². The van der Waals surface area contributed by atoms with Gasteiger partial charge in [0.25, 0.3) is 0 Å². The van der Waals surface area contributed by atoms with Crippen LogP contribution in [0.5, 0.6) is 0 Å². The maximum absolute atomic E-state index is 4.76. The smallest absolute Gasteiger partial charge is 0.191 e. The van der Waals surface area contributed by atoms with Gasteiger partial charge in [0, 0.05) is 50.9 Å². The van der Waals surface area contributed by atoms with E-state index in [2.05, 4.69) is 32.7 Å². The lowest BCUT2D eigenvalue weighted by Crippen LogP contribution is -2.49. The molecule has 1 aliphatic heterocycles. The van der Waals surface area contributed by atoms with Crippen molar-refractivity contribution in [1.82, 2.24) is 30.1 Å². The lowest BCUT2D eigenvalue weighted by molar-refractivity contribution is 0.197. The number of likely N-dealkylation sites (tertiary alicyclic amines) is 1. The molecule has 1 saturated carbocycles. The quantitative estimate of drug-likeness (QED) is 0.606. The summed E-state index contributed by atoms with van der Waals surface area (Å²) in [5.74, 6) is 1.88. The molecule has 0 amide bonds. The zero-order chi connectivity index (χ0) is 17.8. The van der Waals surface area contributed by atoms with Crippen LogP contribution in [-0.2, 0) is 6.42 Å². The van der Waals surface area contributed by atoms with E-state index in [0.29, 0.717) is 12.6 Å². The molecule has 2 aromatic heterocycles. The molecule has 2 aromatic rings. The van der Waals surface area contributed by atoms with Crippen molar-refractivity contribution in [2.45, 2.75) is 51.1 Å². The van der Waals surface area contributed by atoms with Crippen LogP contribution in [0.4, 0.5) is 0 Å². The standard InChI is InChI=1S/C19H29N7/c1-2-20-19(22-15-9-13-25(14-10-15)16-6-7-16)21-11-8-18-24-23-17-5-3-4-12-26(17)18/h3-5,12,15-16H,2,6-11,13-14H2,1H3,(H2,20,21,22). The van der Waals surface area contributed by atoms with E-state index in [4.69, 9.17) is 4.99 Å². The monoisotopic (exact) mass is 355 g/mol. The summed E-state index contributed by atoms with van der Waals surface area (Å²) >= 11 is 0. The molecule has 1 saturated heterocycles. The Bertz CT molecular complexity index is 741. The second-order valence-corrected chi connectivity index (χ2v) is 7.24. The number of nitrogens with zero attached hydrogens (tertiary/aromatic N) is 5. The van der Waals surface area contributed by atoms with Crippen LogP contribution in [0.3, 0.4) is 0 Å². The Kier molecular flexibility index (Phi) is 5.34. The summed E-state index contributed by atoms with van der Waals surface area (Å²) in [6.45, 7) is 6.12. The fourth-order valence-electron chi connectivity index (χ4n) is 3.69. The largest absolute Gasteiger partial charge is 0.357 e. The Balaban J connectivity index is 1.31. The predicted molar refractivity (Wildman–Crippen MR) is 103 cm³/mol. The first-order valence-electron chi connectivity index (χ1n) is 9.91.